The van der Waals surface area contributed by atoms with Crippen molar-refractivity contribution in [2.24, 2.45) is 0 Å². The van der Waals surface area contributed by atoms with E-state index < -0.39 is 0 Å². The van der Waals surface area contributed by atoms with Gasteiger partial charge in [0.15, 0.2) is 0 Å². The van der Waals surface area contributed by atoms with Crippen LogP contribution in [0.3, 0.4) is 0 Å². The molecular weight excluding hydrogens is 304 g/mol. The first-order valence-corrected chi connectivity index (χ1v) is 7.15. The van der Waals surface area contributed by atoms with E-state index in [1.807, 2.05) is 19.2 Å². The molecule has 19 heavy (non-hydrogen) atoms. The Hall–Kier alpha value is -1.33. The second-order valence-electron chi connectivity index (χ2n) is 4.80. The van der Waals surface area contributed by atoms with Crippen molar-refractivity contribution in [2.75, 3.05) is 6.54 Å². The molecule has 1 aliphatic rings. The van der Waals surface area contributed by atoms with Gasteiger partial charge in [0.05, 0.1) is 0 Å². The average molecular weight is 319 g/mol. The van der Waals surface area contributed by atoms with Crippen LogP contribution in [0.25, 0.3) is 0 Å². The van der Waals surface area contributed by atoms with E-state index in [9.17, 15) is 0 Å². The minimum absolute atomic E-state index is 0.863. The average Bonchev–Trinajstić information content (AvgIpc) is 2.41. The van der Waals surface area contributed by atoms with Crippen molar-refractivity contribution in [3.8, 4) is 0 Å². The maximum Gasteiger partial charge on any atom is 0.125 e. The maximum atomic E-state index is 4.51. The van der Waals surface area contributed by atoms with Gasteiger partial charge in [-0.15, -0.1) is 0 Å². The highest BCUT2D eigenvalue weighted by molar-refractivity contribution is 9.10. The minimum atomic E-state index is 0.863. The lowest BCUT2D eigenvalue weighted by Gasteiger charge is -2.28. The monoisotopic (exact) mass is 318 g/mol. The third kappa shape index (κ3) is 2.82. The molecule has 0 aromatic carbocycles. The van der Waals surface area contributed by atoms with E-state index in [2.05, 4.69) is 41.8 Å². The van der Waals surface area contributed by atoms with Crippen molar-refractivity contribution in [1.29, 1.82) is 0 Å². The van der Waals surface area contributed by atoms with E-state index in [0.717, 1.165) is 36.5 Å². The van der Waals surface area contributed by atoms with E-state index >= 15 is 0 Å². The van der Waals surface area contributed by atoms with Crippen LogP contribution in [0.4, 0.5) is 0 Å². The molecule has 2 aromatic heterocycles. The number of pyridine rings is 1. The lowest BCUT2D eigenvalue weighted by molar-refractivity contribution is 0.242. The van der Waals surface area contributed by atoms with Gasteiger partial charge in [-0.3, -0.25) is 4.90 Å². The second kappa shape index (κ2) is 5.35. The molecule has 0 radical (unpaired) electrons. The Labute approximate surface area is 121 Å². The van der Waals surface area contributed by atoms with Gasteiger partial charge < -0.3 is 0 Å². The predicted octanol–water partition coefficient (Wildman–Crippen LogP) is 2.50. The number of fused-ring (bicyclic) bond motifs is 1. The number of rotatable bonds is 2. The highest BCUT2D eigenvalue weighted by atomic mass is 79.9. The molecule has 3 heterocycles. The summed E-state index contributed by atoms with van der Waals surface area (Å²) in [5.74, 6) is 0.863. The smallest absolute Gasteiger partial charge is 0.125 e. The van der Waals surface area contributed by atoms with Crippen molar-refractivity contribution in [3.63, 3.8) is 0 Å². The summed E-state index contributed by atoms with van der Waals surface area (Å²) in [5, 5.41) is 0. The first-order valence-electron chi connectivity index (χ1n) is 6.35. The van der Waals surface area contributed by atoms with Crippen LogP contribution in [0, 0.1) is 6.92 Å². The summed E-state index contributed by atoms with van der Waals surface area (Å²) < 4.78 is 0.931. The SMILES string of the molecule is Cc1ncc2c(n1)CCN(Cc1cccnc1Br)C2. The van der Waals surface area contributed by atoms with Crippen molar-refractivity contribution >= 4 is 15.9 Å². The van der Waals surface area contributed by atoms with Gasteiger partial charge in [0.25, 0.3) is 0 Å². The molecule has 0 fully saturated rings. The van der Waals surface area contributed by atoms with Crippen LogP contribution in [0.2, 0.25) is 0 Å². The van der Waals surface area contributed by atoms with E-state index in [4.69, 9.17) is 0 Å². The molecule has 0 amide bonds. The molecule has 0 saturated heterocycles. The lowest BCUT2D eigenvalue weighted by atomic mass is 10.1. The van der Waals surface area contributed by atoms with Crippen LogP contribution in [0.1, 0.15) is 22.6 Å². The molecule has 0 N–H and O–H groups in total. The maximum absolute atomic E-state index is 4.51. The number of halogens is 1. The third-order valence-corrected chi connectivity index (χ3v) is 4.08. The van der Waals surface area contributed by atoms with Gasteiger partial charge in [-0.25, -0.2) is 15.0 Å². The fourth-order valence-electron chi connectivity index (χ4n) is 2.39. The van der Waals surface area contributed by atoms with Crippen LogP contribution < -0.4 is 0 Å². The number of hydrogen-bond acceptors (Lipinski definition) is 4. The summed E-state index contributed by atoms with van der Waals surface area (Å²) in [6.07, 6.45) is 4.76. The van der Waals surface area contributed by atoms with Crippen LogP contribution in [0.5, 0.6) is 0 Å². The quantitative estimate of drug-likeness (QED) is 0.798. The molecule has 0 atom stereocenters. The van der Waals surface area contributed by atoms with Gasteiger partial charge in [0.1, 0.15) is 10.4 Å². The van der Waals surface area contributed by atoms with Crippen molar-refractivity contribution in [3.05, 3.63) is 51.8 Å². The summed E-state index contributed by atoms with van der Waals surface area (Å²) in [5.41, 5.74) is 3.67. The molecular formula is C14H15BrN4. The highest BCUT2D eigenvalue weighted by Crippen LogP contribution is 2.21. The van der Waals surface area contributed by atoms with E-state index in [0.29, 0.717) is 0 Å². The zero-order chi connectivity index (χ0) is 13.2. The van der Waals surface area contributed by atoms with Crippen LogP contribution >= 0.6 is 15.9 Å². The molecule has 0 saturated carbocycles. The molecule has 0 bridgehead atoms. The van der Waals surface area contributed by atoms with Crippen molar-refractivity contribution in [1.82, 2.24) is 19.9 Å². The van der Waals surface area contributed by atoms with Gasteiger partial charge in [0, 0.05) is 49.7 Å². The Morgan fingerprint density at radius 1 is 1.37 bits per heavy atom. The molecule has 0 aliphatic carbocycles. The molecule has 3 rings (SSSR count). The third-order valence-electron chi connectivity index (χ3n) is 3.36. The molecule has 5 heteroatoms. The Kier molecular flexibility index (Phi) is 3.57. The van der Waals surface area contributed by atoms with Gasteiger partial charge >= 0.3 is 0 Å². The zero-order valence-electron chi connectivity index (χ0n) is 10.8. The molecule has 4 nitrogen and oxygen atoms in total. The van der Waals surface area contributed by atoms with Gasteiger partial charge in [-0.2, -0.15) is 0 Å². The van der Waals surface area contributed by atoms with Gasteiger partial charge in [0.2, 0.25) is 0 Å². The van der Waals surface area contributed by atoms with Gasteiger partial charge in [-0.05, 0) is 34.5 Å². The number of aromatic nitrogens is 3. The van der Waals surface area contributed by atoms with Crippen molar-refractivity contribution < 1.29 is 0 Å². The highest BCUT2D eigenvalue weighted by Gasteiger charge is 2.18. The largest absolute Gasteiger partial charge is 0.294 e. The Morgan fingerprint density at radius 2 is 2.26 bits per heavy atom. The van der Waals surface area contributed by atoms with E-state index in [1.165, 1.54) is 16.8 Å². The summed E-state index contributed by atoms with van der Waals surface area (Å²) in [6.45, 7) is 4.79. The molecule has 98 valence electrons. The standard InChI is InChI=1S/C14H15BrN4/c1-10-17-7-12-9-19(6-4-13(12)18-10)8-11-3-2-5-16-14(11)15/h2-3,5,7H,4,6,8-9H2,1H3. The summed E-state index contributed by atoms with van der Waals surface area (Å²) in [7, 11) is 0. The fraction of sp³-hybridized carbons (Fsp3) is 0.357. The Bertz CT molecular complexity index is 600. The predicted molar refractivity (Wildman–Crippen MR) is 76.5 cm³/mol. The summed E-state index contributed by atoms with van der Waals surface area (Å²) >= 11 is 3.50. The number of aryl methyl sites for hydroxylation is 1. The normalized spacial score (nSPS) is 15.3. The topological polar surface area (TPSA) is 41.9 Å². The Morgan fingerprint density at radius 3 is 3.11 bits per heavy atom. The minimum Gasteiger partial charge on any atom is -0.294 e. The van der Waals surface area contributed by atoms with Crippen molar-refractivity contribution in [2.45, 2.75) is 26.4 Å². The molecule has 1 aliphatic heterocycles. The fourth-order valence-corrected chi connectivity index (χ4v) is 2.76. The Balaban J connectivity index is 1.76. The molecule has 2 aromatic rings. The van der Waals surface area contributed by atoms with Gasteiger partial charge in [-0.1, -0.05) is 6.07 Å². The summed E-state index contributed by atoms with van der Waals surface area (Å²) in [6, 6.07) is 4.09. The van der Waals surface area contributed by atoms with Crippen LogP contribution in [-0.4, -0.2) is 26.4 Å². The number of hydrogen-bond donors (Lipinski definition) is 0. The van der Waals surface area contributed by atoms with E-state index in [-0.39, 0.29) is 0 Å². The first-order chi connectivity index (χ1) is 9.22. The van der Waals surface area contributed by atoms with Crippen LogP contribution in [0.15, 0.2) is 29.1 Å². The van der Waals surface area contributed by atoms with E-state index in [1.54, 1.807) is 6.20 Å². The molecule has 0 spiro atoms. The second-order valence-corrected chi connectivity index (χ2v) is 5.55. The first kappa shape index (κ1) is 12.7. The summed E-state index contributed by atoms with van der Waals surface area (Å²) in [4.78, 5) is 15.5. The number of nitrogens with zero attached hydrogens (tertiary/aromatic N) is 4. The molecule has 0 unspecified atom stereocenters. The zero-order valence-corrected chi connectivity index (χ0v) is 12.4. The lowest BCUT2D eigenvalue weighted by Crippen LogP contribution is -2.31. The van der Waals surface area contributed by atoms with Crippen LogP contribution in [-0.2, 0) is 19.5 Å².